The second kappa shape index (κ2) is 9.07. The van der Waals surface area contributed by atoms with E-state index in [0.717, 1.165) is 5.56 Å². The van der Waals surface area contributed by atoms with Gasteiger partial charge in [-0.1, -0.05) is 23.7 Å². The van der Waals surface area contributed by atoms with Gasteiger partial charge in [0.2, 0.25) is 0 Å². The van der Waals surface area contributed by atoms with Gasteiger partial charge in [0.1, 0.15) is 22.9 Å². The lowest BCUT2D eigenvalue weighted by atomic mass is 10.1. The predicted octanol–water partition coefficient (Wildman–Crippen LogP) is 3.30. The highest BCUT2D eigenvalue weighted by Crippen LogP contribution is 2.23. The first-order chi connectivity index (χ1) is 13.9. The Bertz CT molecular complexity index is 1060. The number of phenols is 1. The van der Waals surface area contributed by atoms with E-state index >= 15 is 0 Å². The number of hydrogen-bond acceptors (Lipinski definition) is 5. The van der Waals surface area contributed by atoms with Crippen molar-refractivity contribution in [2.45, 2.75) is 6.42 Å². The number of pyridine rings is 1. The quantitative estimate of drug-likeness (QED) is 0.551. The van der Waals surface area contributed by atoms with E-state index in [1.54, 1.807) is 12.1 Å². The molecule has 0 unspecified atom stereocenters. The van der Waals surface area contributed by atoms with Crippen molar-refractivity contribution >= 4 is 23.4 Å². The number of carbonyl (C=O) groups excluding carboxylic acids is 2. The monoisotopic (exact) mass is 411 g/mol. The minimum absolute atomic E-state index is 0.116. The highest BCUT2D eigenvalue weighted by Gasteiger charge is 2.11. The molecule has 0 saturated carbocycles. The van der Waals surface area contributed by atoms with E-state index in [4.69, 9.17) is 22.1 Å². The number of carbonyl (C=O) groups is 2. The minimum Gasteiger partial charge on any atom is -0.507 e. The molecule has 0 saturated heterocycles. The molecule has 0 aliphatic heterocycles. The SMILES string of the molecule is NC(=O)c1cc(Oc2cccc(CCNC(=O)c3cc(Cl)ccc3O)c2)ccn1. The molecule has 8 heteroatoms. The molecule has 0 radical (unpaired) electrons. The average molecular weight is 412 g/mol. The molecule has 29 heavy (non-hydrogen) atoms. The number of nitrogens with zero attached hydrogens (tertiary/aromatic N) is 1. The topological polar surface area (TPSA) is 115 Å². The van der Waals surface area contributed by atoms with Crippen molar-refractivity contribution in [2.24, 2.45) is 5.73 Å². The summed E-state index contributed by atoms with van der Waals surface area (Å²) in [4.78, 5) is 27.3. The normalized spacial score (nSPS) is 10.4. The zero-order chi connectivity index (χ0) is 20.8. The number of nitrogens with one attached hydrogen (secondary N) is 1. The van der Waals surface area contributed by atoms with Crippen LogP contribution in [0, 0.1) is 0 Å². The van der Waals surface area contributed by atoms with Crippen LogP contribution in [-0.2, 0) is 6.42 Å². The molecule has 148 valence electrons. The van der Waals surface area contributed by atoms with Crippen LogP contribution >= 0.6 is 11.6 Å². The van der Waals surface area contributed by atoms with Crippen molar-refractivity contribution in [1.29, 1.82) is 0 Å². The molecular weight excluding hydrogens is 394 g/mol. The molecule has 4 N–H and O–H groups in total. The Kier molecular flexibility index (Phi) is 6.31. The van der Waals surface area contributed by atoms with Gasteiger partial charge in [0.05, 0.1) is 5.56 Å². The van der Waals surface area contributed by atoms with E-state index in [0.29, 0.717) is 29.5 Å². The fourth-order valence-corrected chi connectivity index (χ4v) is 2.79. The molecular formula is C21H18ClN3O4. The molecule has 3 aromatic rings. The van der Waals surface area contributed by atoms with Crippen molar-refractivity contribution in [2.75, 3.05) is 6.54 Å². The number of hydrogen-bond donors (Lipinski definition) is 3. The van der Waals surface area contributed by atoms with Crippen LogP contribution in [0.5, 0.6) is 17.2 Å². The molecule has 0 aliphatic carbocycles. The summed E-state index contributed by atoms with van der Waals surface area (Å²) in [7, 11) is 0. The van der Waals surface area contributed by atoms with Gasteiger partial charge in [0, 0.05) is 23.8 Å². The van der Waals surface area contributed by atoms with Crippen LogP contribution in [0.15, 0.2) is 60.8 Å². The maximum Gasteiger partial charge on any atom is 0.267 e. The third-order valence-corrected chi connectivity index (χ3v) is 4.26. The number of phenolic OH excluding ortho intramolecular Hbond substituents is 1. The molecule has 2 amide bonds. The summed E-state index contributed by atoms with van der Waals surface area (Å²) in [5, 5.41) is 12.9. The standard InChI is InChI=1S/C21H18ClN3O4/c22-14-4-5-19(26)17(11-14)21(28)25-8-6-13-2-1-3-15(10-13)29-16-7-9-24-18(12-16)20(23)27/h1-5,7,9-12,26H,6,8H2,(H2,23,27)(H,25,28). The second-order valence-corrected chi connectivity index (χ2v) is 6.59. The molecule has 0 aliphatic rings. The summed E-state index contributed by atoms with van der Waals surface area (Å²) < 4.78 is 5.75. The molecule has 1 aromatic heterocycles. The van der Waals surface area contributed by atoms with Crippen molar-refractivity contribution in [3.63, 3.8) is 0 Å². The first-order valence-corrected chi connectivity index (χ1v) is 9.09. The largest absolute Gasteiger partial charge is 0.507 e. The van der Waals surface area contributed by atoms with Crippen LogP contribution in [-0.4, -0.2) is 28.4 Å². The van der Waals surface area contributed by atoms with E-state index in [2.05, 4.69) is 10.3 Å². The van der Waals surface area contributed by atoms with Gasteiger partial charge in [0.25, 0.3) is 11.8 Å². The van der Waals surface area contributed by atoms with Gasteiger partial charge in [0.15, 0.2) is 0 Å². The molecule has 0 spiro atoms. The first kappa shape index (κ1) is 20.2. The van der Waals surface area contributed by atoms with Crippen LogP contribution in [0.4, 0.5) is 0 Å². The van der Waals surface area contributed by atoms with E-state index in [9.17, 15) is 14.7 Å². The highest BCUT2D eigenvalue weighted by atomic mass is 35.5. The number of aromatic hydroxyl groups is 1. The maximum absolute atomic E-state index is 12.2. The van der Waals surface area contributed by atoms with Gasteiger partial charge < -0.3 is 20.9 Å². The zero-order valence-corrected chi connectivity index (χ0v) is 16.0. The molecule has 0 bridgehead atoms. The molecule has 7 nitrogen and oxygen atoms in total. The van der Waals surface area contributed by atoms with Crippen molar-refractivity contribution in [3.8, 4) is 17.2 Å². The Labute approximate surface area is 172 Å². The summed E-state index contributed by atoms with van der Waals surface area (Å²) in [6, 6.07) is 14.7. The maximum atomic E-state index is 12.2. The number of aromatic nitrogens is 1. The van der Waals surface area contributed by atoms with Crippen LogP contribution in [0.25, 0.3) is 0 Å². The van der Waals surface area contributed by atoms with Gasteiger partial charge in [-0.05, 0) is 48.4 Å². The Balaban J connectivity index is 1.60. The van der Waals surface area contributed by atoms with Crippen LogP contribution in [0.1, 0.15) is 26.4 Å². The Morgan fingerprint density at radius 1 is 1.10 bits per heavy atom. The van der Waals surface area contributed by atoms with E-state index in [1.807, 2.05) is 18.2 Å². The second-order valence-electron chi connectivity index (χ2n) is 6.16. The number of primary amides is 1. The number of nitrogens with two attached hydrogens (primary N) is 1. The first-order valence-electron chi connectivity index (χ1n) is 8.72. The van der Waals surface area contributed by atoms with Crippen molar-refractivity contribution < 1.29 is 19.4 Å². The summed E-state index contributed by atoms with van der Waals surface area (Å²) in [5.74, 6) is -0.160. The third-order valence-electron chi connectivity index (χ3n) is 4.02. The lowest BCUT2D eigenvalue weighted by Crippen LogP contribution is -2.25. The van der Waals surface area contributed by atoms with Crippen LogP contribution < -0.4 is 15.8 Å². The predicted molar refractivity (Wildman–Crippen MR) is 108 cm³/mol. The van der Waals surface area contributed by atoms with Crippen LogP contribution in [0.2, 0.25) is 5.02 Å². The Hall–Kier alpha value is -3.58. The number of rotatable bonds is 7. The van der Waals surface area contributed by atoms with E-state index in [1.165, 1.54) is 30.5 Å². The van der Waals surface area contributed by atoms with Crippen molar-refractivity contribution in [3.05, 3.63) is 82.6 Å². The lowest BCUT2D eigenvalue weighted by molar-refractivity contribution is 0.0950. The summed E-state index contributed by atoms with van der Waals surface area (Å²) >= 11 is 5.87. The smallest absolute Gasteiger partial charge is 0.267 e. The summed E-state index contributed by atoms with van der Waals surface area (Å²) in [6.07, 6.45) is 1.99. The van der Waals surface area contributed by atoms with Crippen LogP contribution in [0.3, 0.4) is 0 Å². The number of amides is 2. The Morgan fingerprint density at radius 2 is 1.90 bits per heavy atom. The molecule has 2 aromatic carbocycles. The third kappa shape index (κ3) is 5.46. The molecule has 1 heterocycles. The molecule has 3 rings (SSSR count). The number of benzene rings is 2. The fourth-order valence-electron chi connectivity index (χ4n) is 2.62. The number of ether oxygens (including phenoxy) is 1. The van der Waals surface area contributed by atoms with Gasteiger partial charge in [-0.3, -0.25) is 14.6 Å². The van der Waals surface area contributed by atoms with Gasteiger partial charge in [-0.25, -0.2) is 0 Å². The summed E-state index contributed by atoms with van der Waals surface area (Å²) in [6.45, 7) is 0.356. The van der Waals surface area contributed by atoms with E-state index in [-0.39, 0.29) is 17.0 Å². The lowest BCUT2D eigenvalue weighted by Gasteiger charge is -2.10. The molecule has 0 atom stereocenters. The molecule has 0 fully saturated rings. The zero-order valence-electron chi connectivity index (χ0n) is 15.3. The van der Waals surface area contributed by atoms with E-state index < -0.39 is 11.8 Å². The van der Waals surface area contributed by atoms with Gasteiger partial charge in [-0.2, -0.15) is 0 Å². The van der Waals surface area contributed by atoms with Gasteiger partial charge in [-0.15, -0.1) is 0 Å². The summed E-state index contributed by atoms with van der Waals surface area (Å²) in [5.41, 5.74) is 6.40. The average Bonchev–Trinajstić information content (AvgIpc) is 2.70. The van der Waals surface area contributed by atoms with Gasteiger partial charge >= 0.3 is 0 Å². The van der Waals surface area contributed by atoms with Crippen molar-refractivity contribution in [1.82, 2.24) is 10.3 Å². The minimum atomic E-state index is -0.634. The fraction of sp³-hybridized carbons (Fsp3) is 0.0952. The number of halogens is 1. The highest BCUT2D eigenvalue weighted by molar-refractivity contribution is 6.31. The Morgan fingerprint density at radius 3 is 2.69 bits per heavy atom.